The number of benzene rings is 3. The molecule has 0 radical (unpaired) electrons. The van der Waals surface area contributed by atoms with E-state index in [-0.39, 0.29) is 13.0 Å². The molecule has 4 rings (SSSR count). The largest absolute Gasteiger partial charge is 0.466 e. The fraction of sp³-hybridized carbons (Fsp3) is 0.192. The quantitative estimate of drug-likeness (QED) is 0.431. The van der Waals surface area contributed by atoms with Crippen LogP contribution in [-0.4, -0.2) is 29.4 Å². The highest BCUT2D eigenvalue weighted by Gasteiger charge is 2.48. The summed E-state index contributed by atoms with van der Waals surface area (Å²) in [6, 6.07) is 24.4. The second kappa shape index (κ2) is 9.56. The number of anilines is 1. The first kappa shape index (κ1) is 22.1. The summed E-state index contributed by atoms with van der Waals surface area (Å²) in [5.41, 5.74) is 0.303. The van der Waals surface area contributed by atoms with E-state index in [1.807, 2.05) is 60.7 Å². The first-order valence-corrected chi connectivity index (χ1v) is 10.6. The number of esters is 1. The van der Waals surface area contributed by atoms with Crippen LogP contribution in [0.1, 0.15) is 18.1 Å². The molecule has 7 heteroatoms. The molecule has 168 valence electrons. The summed E-state index contributed by atoms with van der Waals surface area (Å²) in [6.07, 6.45) is 0.203. The molecule has 0 aliphatic carbocycles. The highest BCUT2D eigenvalue weighted by Crippen LogP contribution is 2.33. The molecule has 3 aromatic carbocycles. The second-order valence-electron chi connectivity index (χ2n) is 7.89. The van der Waals surface area contributed by atoms with Gasteiger partial charge in [0.25, 0.3) is 17.4 Å². The molecule has 0 unspecified atom stereocenters. The number of amides is 2. The zero-order valence-corrected chi connectivity index (χ0v) is 18.1. The Bertz CT molecular complexity index is 1150. The summed E-state index contributed by atoms with van der Waals surface area (Å²) in [6.45, 7) is 1.45. The van der Waals surface area contributed by atoms with Gasteiger partial charge < -0.3 is 20.1 Å². The van der Waals surface area contributed by atoms with Crippen molar-refractivity contribution in [2.45, 2.75) is 31.6 Å². The third-order valence-electron chi connectivity index (χ3n) is 5.41. The average molecular weight is 444 g/mol. The molecule has 1 aliphatic rings. The van der Waals surface area contributed by atoms with Crippen LogP contribution in [0.5, 0.6) is 5.75 Å². The van der Waals surface area contributed by atoms with Crippen molar-refractivity contribution in [3.63, 3.8) is 0 Å². The molecule has 0 saturated carbocycles. The summed E-state index contributed by atoms with van der Waals surface area (Å²) in [5, 5.41) is 5.36. The number of carbonyl (C=O) groups excluding carboxylic acids is 3. The van der Waals surface area contributed by atoms with Crippen LogP contribution < -0.4 is 15.4 Å². The molecule has 2 N–H and O–H groups in total. The molecule has 1 aliphatic heterocycles. The Morgan fingerprint density at radius 1 is 0.939 bits per heavy atom. The Kier molecular flexibility index (Phi) is 6.40. The molecular formula is C26H24N2O5. The minimum atomic E-state index is -1.84. The molecule has 1 heterocycles. The predicted molar refractivity (Wildman–Crippen MR) is 122 cm³/mol. The average Bonchev–Trinajstić information content (AvgIpc) is 2.84. The Hall–Kier alpha value is -4.13. The lowest BCUT2D eigenvalue weighted by Gasteiger charge is -2.34. The number of fused-ring (bicyclic) bond motifs is 1. The van der Waals surface area contributed by atoms with Crippen molar-refractivity contribution in [3.05, 3.63) is 96.1 Å². The number of hydrogen-bond donors (Lipinski definition) is 2. The van der Waals surface area contributed by atoms with Crippen molar-refractivity contribution in [1.82, 2.24) is 5.32 Å². The number of nitrogens with one attached hydrogen (secondary N) is 2. The van der Waals surface area contributed by atoms with Crippen molar-refractivity contribution in [2.24, 2.45) is 0 Å². The topological polar surface area (TPSA) is 93.7 Å². The van der Waals surface area contributed by atoms with E-state index in [2.05, 4.69) is 10.6 Å². The van der Waals surface area contributed by atoms with Crippen LogP contribution in [-0.2, 0) is 32.1 Å². The van der Waals surface area contributed by atoms with Crippen LogP contribution in [0.15, 0.2) is 84.9 Å². The summed E-state index contributed by atoms with van der Waals surface area (Å²) >= 11 is 0. The maximum absolute atomic E-state index is 13.2. The fourth-order valence-corrected chi connectivity index (χ4v) is 3.48. The minimum Gasteiger partial charge on any atom is -0.466 e. The van der Waals surface area contributed by atoms with Crippen LogP contribution in [0.2, 0.25) is 0 Å². The van der Waals surface area contributed by atoms with Crippen LogP contribution in [0, 0.1) is 0 Å². The van der Waals surface area contributed by atoms with Crippen LogP contribution in [0.25, 0.3) is 0 Å². The van der Waals surface area contributed by atoms with Gasteiger partial charge in [0, 0.05) is 6.42 Å². The monoisotopic (exact) mass is 444 g/mol. The smallest absolute Gasteiger partial charge is 0.329 e. The summed E-state index contributed by atoms with van der Waals surface area (Å²) in [5.74, 6) is -1.57. The van der Waals surface area contributed by atoms with Gasteiger partial charge >= 0.3 is 5.97 Å². The van der Waals surface area contributed by atoms with Crippen LogP contribution in [0.4, 0.5) is 5.69 Å². The number of carbonyl (C=O) groups is 3. The maximum Gasteiger partial charge on any atom is 0.329 e. The highest BCUT2D eigenvalue weighted by atomic mass is 16.5. The fourth-order valence-electron chi connectivity index (χ4n) is 3.48. The molecule has 7 nitrogen and oxygen atoms in total. The maximum atomic E-state index is 13.2. The first-order chi connectivity index (χ1) is 16.0. The zero-order valence-electron chi connectivity index (χ0n) is 18.1. The second-order valence-corrected chi connectivity index (χ2v) is 7.89. The third kappa shape index (κ3) is 5.03. The molecule has 0 bridgehead atoms. The Balaban J connectivity index is 1.52. The van der Waals surface area contributed by atoms with Gasteiger partial charge in [-0.05, 0) is 30.2 Å². The molecule has 2 amide bonds. The van der Waals surface area contributed by atoms with Gasteiger partial charge in [0.1, 0.15) is 18.4 Å². The van der Waals surface area contributed by atoms with Crippen molar-refractivity contribution < 1.29 is 23.9 Å². The van der Waals surface area contributed by atoms with Gasteiger partial charge in [-0.15, -0.1) is 0 Å². The third-order valence-corrected chi connectivity index (χ3v) is 5.41. The Labute approximate surface area is 191 Å². The van der Waals surface area contributed by atoms with Crippen molar-refractivity contribution in [3.8, 4) is 5.75 Å². The van der Waals surface area contributed by atoms with E-state index < -0.39 is 29.4 Å². The van der Waals surface area contributed by atoms with Crippen molar-refractivity contribution in [1.29, 1.82) is 0 Å². The molecule has 2 atom stereocenters. The van der Waals surface area contributed by atoms with Crippen LogP contribution in [0.3, 0.4) is 0 Å². The van der Waals surface area contributed by atoms with Gasteiger partial charge in [0.15, 0.2) is 0 Å². The lowest BCUT2D eigenvalue weighted by atomic mass is 9.99. The molecule has 3 aromatic rings. The minimum absolute atomic E-state index is 0.0719. The van der Waals surface area contributed by atoms with Gasteiger partial charge in [0.2, 0.25) is 0 Å². The van der Waals surface area contributed by atoms with E-state index in [0.29, 0.717) is 11.4 Å². The van der Waals surface area contributed by atoms with Gasteiger partial charge in [0.05, 0.1) is 5.69 Å². The molecular weight excluding hydrogens is 420 g/mol. The first-order valence-electron chi connectivity index (χ1n) is 10.6. The van der Waals surface area contributed by atoms with Crippen LogP contribution >= 0.6 is 0 Å². The number of ether oxygens (including phenoxy) is 2. The Morgan fingerprint density at radius 3 is 2.24 bits per heavy atom. The van der Waals surface area contributed by atoms with Gasteiger partial charge in [-0.1, -0.05) is 72.8 Å². The molecule has 0 aromatic heterocycles. The SMILES string of the molecule is C[C@@]1(C(=O)N[C@H](Cc2ccccc2)C(=O)OCc2ccccc2)Oc2ccccc2NC1=O. The standard InChI is InChI=1S/C26H24N2O5/c1-26(24(30)27-20-14-8-9-15-22(20)33-26)25(31)28-21(16-18-10-4-2-5-11-18)23(29)32-17-19-12-6-3-7-13-19/h2-15,21H,16-17H2,1H3,(H,27,30)(H,28,31)/t21-,26-/m1/s1. The highest BCUT2D eigenvalue weighted by molar-refractivity contribution is 6.15. The molecule has 0 spiro atoms. The predicted octanol–water partition coefficient (Wildman–Crippen LogP) is 3.25. The van der Waals surface area contributed by atoms with Gasteiger partial charge in [-0.3, -0.25) is 9.59 Å². The summed E-state index contributed by atoms with van der Waals surface area (Å²) < 4.78 is 11.2. The van der Waals surface area contributed by atoms with Crippen molar-refractivity contribution in [2.75, 3.05) is 5.32 Å². The molecule has 0 saturated heterocycles. The van der Waals surface area contributed by atoms with E-state index in [1.165, 1.54) is 6.92 Å². The normalized spacial score (nSPS) is 17.7. The van der Waals surface area contributed by atoms with E-state index >= 15 is 0 Å². The molecule has 0 fully saturated rings. The Morgan fingerprint density at radius 2 is 1.55 bits per heavy atom. The lowest BCUT2D eigenvalue weighted by molar-refractivity contribution is -0.154. The summed E-state index contributed by atoms with van der Waals surface area (Å²) in [4.78, 5) is 38.9. The van der Waals surface area contributed by atoms with E-state index in [1.54, 1.807) is 24.3 Å². The van der Waals surface area contributed by atoms with Crippen molar-refractivity contribution >= 4 is 23.5 Å². The van der Waals surface area contributed by atoms with Gasteiger partial charge in [-0.25, -0.2) is 4.79 Å². The number of rotatable bonds is 7. The van der Waals surface area contributed by atoms with Gasteiger partial charge in [-0.2, -0.15) is 0 Å². The number of hydrogen-bond acceptors (Lipinski definition) is 5. The van der Waals surface area contributed by atoms with E-state index in [4.69, 9.17) is 9.47 Å². The van der Waals surface area contributed by atoms with E-state index in [0.717, 1.165) is 11.1 Å². The summed E-state index contributed by atoms with van der Waals surface area (Å²) in [7, 11) is 0. The van der Waals surface area contributed by atoms with E-state index in [9.17, 15) is 14.4 Å². The number of para-hydroxylation sites is 2. The molecule has 33 heavy (non-hydrogen) atoms. The lowest BCUT2D eigenvalue weighted by Crippen LogP contribution is -2.61. The zero-order chi connectivity index (χ0) is 23.3.